The lowest BCUT2D eigenvalue weighted by molar-refractivity contribution is 0.794. The lowest BCUT2D eigenvalue weighted by Gasteiger charge is -2.30. The molecule has 0 saturated heterocycles. The van der Waals surface area contributed by atoms with Crippen LogP contribution in [-0.2, 0) is 5.41 Å². The largest absolute Gasteiger partial charge is 0.115 e. The van der Waals surface area contributed by atoms with Crippen LogP contribution in [0.3, 0.4) is 0 Å². The minimum absolute atomic E-state index is 0.371. The Hall–Kier alpha value is -6.59. The molecule has 258 valence electrons. The third-order valence-electron chi connectivity index (χ3n) is 12.0. The molecule has 0 saturated carbocycles. The highest BCUT2D eigenvalue weighted by Gasteiger charge is 2.51. The van der Waals surface area contributed by atoms with Crippen LogP contribution in [0.5, 0.6) is 0 Å². The fourth-order valence-corrected chi connectivity index (χ4v) is 9.93. The number of terminal acetylenes is 1. The van der Waals surface area contributed by atoms with Crippen molar-refractivity contribution < 1.29 is 0 Å². The fraction of sp³-hybridized carbons (Fsp3) is 0.0556. The van der Waals surface area contributed by atoms with E-state index in [2.05, 4.69) is 184 Å². The molecule has 0 heterocycles. The number of benzene rings is 8. The summed E-state index contributed by atoms with van der Waals surface area (Å²) in [7, 11) is 0. The molecule has 8 aromatic rings. The summed E-state index contributed by atoms with van der Waals surface area (Å²) in [4.78, 5) is 0. The van der Waals surface area contributed by atoms with Crippen molar-refractivity contribution in [2.45, 2.75) is 19.3 Å². The van der Waals surface area contributed by atoms with Crippen molar-refractivity contribution in [1.29, 1.82) is 0 Å². The molecule has 0 nitrogen and oxygen atoms in total. The molecule has 0 unspecified atom stereocenters. The summed E-state index contributed by atoms with van der Waals surface area (Å²) in [5.41, 5.74) is 19.1. The van der Waals surface area contributed by atoms with Gasteiger partial charge in [-0.3, -0.25) is 0 Å². The highest BCUT2D eigenvalue weighted by molar-refractivity contribution is 7.79. The number of rotatable bonds is 5. The summed E-state index contributed by atoms with van der Waals surface area (Å²) < 4.78 is 0. The third kappa shape index (κ3) is 4.56. The molecule has 2 aliphatic rings. The Bertz CT molecular complexity index is 2930. The third-order valence-corrected chi connectivity index (χ3v) is 12.1. The summed E-state index contributed by atoms with van der Waals surface area (Å²) in [5.74, 6) is 3.05. The highest BCUT2D eigenvalue weighted by atomic mass is 32.1. The van der Waals surface area contributed by atoms with Crippen LogP contribution in [0.2, 0.25) is 0 Å². The molecular formula is C54H36S. The van der Waals surface area contributed by atoms with E-state index in [9.17, 15) is 0 Å². The second kappa shape index (κ2) is 12.8. The zero-order valence-corrected chi connectivity index (χ0v) is 31.5. The molecule has 8 aromatic carbocycles. The van der Waals surface area contributed by atoms with Gasteiger partial charge in [0.2, 0.25) is 0 Å². The monoisotopic (exact) mass is 716 g/mol. The molecule has 1 heteroatoms. The van der Waals surface area contributed by atoms with Crippen LogP contribution in [0.1, 0.15) is 51.4 Å². The average molecular weight is 717 g/mol. The standard InChI is InChI=1S/C54H36S/c1-4-17-38-37(5-2)34(3)35(18-16-31-55)32-47(38)53-44-24-8-6-22-42(44)52(43-23-7-9-25-45(43)53)36-29-30-51-46(33-36)41-21-12-15-28-50(41)54(51)48-26-13-10-19-39(48)40-20-11-14-27-49(40)54/h2,4,6-33H,1,3H3/b17-4-,18-16-. The lowest BCUT2D eigenvalue weighted by Crippen LogP contribution is -2.25. The zero-order valence-electron chi connectivity index (χ0n) is 30.7. The van der Waals surface area contributed by atoms with E-state index in [4.69, 9.17) is 18.6 Å². The molecule has 10 rings (SSSR count). The molecule has 0 aliphatic heterocycles. The van der Waals surface area contributed by atoms with Gasteiger partial charge < -0.3 is 0 Å². The van der Waals surface area contributed by atoms with E-state index in [-0.39, 0.29) is 5.41 Å². The second-order valence-corrected chi connectivity index (χ2v) is 14.8. The highest BCUT2D eigenvalue weighted by Crippen LogP contribution is 2.63. The number of allylic oxidation sites excluding steroid dienone is 2. The van der Waals surface area contributed by atoms with Gasteiger partial charge in [0, 0.05) is 10.9 Å². The predicted molar refractivity (Wildman–Crippen MR) is 239 cm³/mol. The van der Waals surface area contributed by atoms with Gasteiger partial charge in [-0.25, -0.2) is 0 Å². The van der Waals surface area contributed by atoms with Crippen LogP contribution in [0.4, 0.5) is 0 Å². The molecule has 2 aliphatic carbocycles. The van der Waals surface area contributed by atoms with Crippen LogP contribution < -0.4 is 0 Å². The van der Waals surface area contributed by atoms with Crippen molar-refractivity contribution >= 4 is 51.3 Å². The summed E-state index contributed by atoms with van der Waals surface area (Å²) in [6.45, 7) is 4.16. The van der Waals surface area contributed by atoms with E-state index >= 15 is 0 Å². The van der Waals surface area contributed by atoms with Gasteiger partial charge in [-0.15, -0.1) is 6.42 Å². The number of thiocarbonyl (C=S) groups is 1. The van der Waals surface area contributed by atoms with Crippen LogP contribution in [0.15, 0.2) is 158 Å². The van der Waals surface area contributed by atoms with E-state index < -0.39 is 0 Å². The molecule has 0 aromatic heterocycles. The Balaban J connectivity index is 1.28. The predicted octanol–water partition coefficient (Wildman–Crippen LogP) is 14.0. The average Bonchev–Trinajstić information content (AvgIpc) is 3.70. The van der Waals surface area contributed by atoms with E-state index in [0.717, 1.165) is 27.8 Å². The normalized spacial score (nSPS) is 13.3. The molecule has 1 spiro atoms. The lowest BCUT2D eigenvalue weighted by atomic mass is 9.70. The van der Waals surface area contributed by atoms with Crippen LogP contribution in [0, 0.1) is 19.3 Å². The van der Waals surface area contributed by atoms with E-state index in [1.54, 1.807) is 5.37 Å². The SMILES string of the molecule is C#Cc1c(C)c(/C=C\C=S)cc(-c2c3ccccc3c(-c3ccc4c(c3)-c3ccccc3C43c4ccccc4-c4ccccc43)c3ccccc23)c1/C=C\C. The Morgan fingerprint density at radius 2 is 1.04 bits per heavy atom. The molecule has 0 N–H and O–H groups in total. The van der Waals surface area contributed by atoms with Gasteiger partial charge in [0.1, 0.15) is 0 Å². The fourth-order valence-electron chi connectivity index (χ4n) is 9.86. The van der Waals surface area contributed by atoms with Gasteiger partial charge in [0.05, 0.1) is 5.41 Å². The van der Waals surface area contributed by atoms with E-state index in [1.807, 2.05) is 6.08 Å². The molecule has 0 bridgehead atoms. The van der Waals surface area contributed by atoms with Gasteiger partial charge in [0.15, 0.2) is 0 Å². The van der Waals surface area contributed by atoms with E-state index in [0.29, 0.717) is 0 Å². The van der Waals surface area contributed by atoms with E-state index in [1.165, 1.54) is 82.7 Å². The Labute approximate surface area is 328 Å². The quantitative estimate of drug-likeness (QED) is 0.0740. The molecular weight excluding hydrogens is 681 g/mol. The molecule has 0 atom stereocenters. The van der Waals surface area contributed by atoms with Crippen LogP contribution in [-0.4, -0.2) is 5.37 Å². The summed E-state index contributed by atoms with van der Waals surface area (Å²) in [6, 6.07) is 54.3. The summed E-state index contributed by atoms with van der Waals surface area (Å²) >= 11 is 5.19. The van der Waals surface area contributed by atoms with Crippen molar-refractivity contribution in [2.75, 3.05) is 0 Å². The number of hydrogen-bond donors (Lipinski definition) is 0. The number of hydrogen-bond acceptors (Lipinski definition) is 1. The molecule has 0 amide bonds. The van der Waals surface area contributed by atoms with Crippen LogP contribution in [0.25, 0.3) is 78.2 Å². The first-order valence-electron chi connectivity index (χ1n) is 18.9. The van der Waals surface area contributed by atoms with Crippen molar-refractivity contribution in [1.82, 2.24) is 0 Å². The first-order valence-corrected chi connectivity index (χ1v) is 19.4. The van der Waals surface area contributed by atoms with Gasteiger partial charge in [-0.05, 0) is 131 Å². The topological polar surface area (TPSA) is 0 Å². The first kappa shape index (κ1) is 33.0. The zero-order chi connectivity index (χ0) is 37.3. The minimum atomic E-state index is -0.371. The molecule has 55 heavy (non-hydrogen) atoms. The smallest absolute Gasteiger partial charge is 0.0725 e. The molecule has 0 radical (unpaired) electrons. The van der Waals surface area contributed by atoms with Gasteiger partial charge in [0.25, 0.3) is 0 Å². The van der Waals surface area contributed by atoms with Crippen molar-refractivity contribution in [2.24, 2.45) is 0 Å². The Kier molecular flexibility index (Phi) is 7.67. The van der Waals surface area contributed by atoms with Crippen molar-refractivity contribution in [3.8, 4) is 56.9 Å². The summed E-state index contributed by atoms with van der Waals surface area (Å²) in [5, 5.41) is 6.44. The van der Waals surface area contributed by atoms with Crippen molar-refractivity contribution in [3.05, 3.63) is 202 Å². The maximum atomic E-state index is 6.29. The molecule has 0 fully saturated rings. The Morgan fingerprint density at radius 1 is 0.545 bits per heavy atom. The van der Waals surface area contributed by atoms with Gasteiger partial charge in [-0.1, -0.05) is 176 Å². The summed E-state index contributed by atoms with van der Waals surface area (Å²) in [6.07, 6.45) is 14.5. The van der Waals surface area contributed by atoms with Crippen LogP contribution >= 0.6 is 12.2 Å². The van der Waals surface area contributed by atoms with Crippen molar-refractivity contribution in [3.63, 3.8) is 0 Å². The Morgan fingerprint density at radius 3 is 1.56 bits per heavy atom. The second-order valence-electron chi connectivity index (χ2n) is 14.6. The number of fused-ring (bicyclic) bond motifs is 12. The van der Waals surface area contributed by atoms with Gasteiger partial charge in [-0.2, -0.15) is 0 Å². The first-order chi connectivity index (χ1) is 27.1. The maximum Gasteiger partial charge on any atom is 0.0725 e. The maximum absolute atomic E-state index is 6.29. The van der Waals surface area contributed by atoms with Gasteiger partial charge >= 0.3 is 0 Å². The minimum Gasteiger partial charge on any atom is -0.115 e.